The maximum absolute atomic E-state index is 12.6. The van der Waals surface area contributed by atoms with Crippen LogP contribution in [0.2, 0.25) is 0 Å². The monoisotopic (exact) mass is 457 g/mol. The van der Waals surface area contributed by atoms with Gasteiger partial charge < -0.3 is 10.1 Å². The number of thiazole rings is 1. The molecule has 3 rings (SSSR count). The number of hydrogen-bond donors (Lipinski definition) is 2. The molecule has 2 amide bonds. The predicted molar refractivity (Wildman–Crippen MR) is 127 cm³/mol. The summed E-state index contributed by atoms with van der Waals surface area (Å²) in [6, 6.07) is 11.8. The Morgan fingerprint density at radius 2 is 1.90 bits per heavy atom. The first-order chi connectivity index (χ1) is 14.7. The average Bonchev–Trinajstić information content (AvgIpc) is 3.32. The first-order valence-electron chi connectivity index (χ1n) is 10.1. The van der Waals surface area contributed by atoms with Crippen molar-refractivity contribution in [2.24, 2.45) is 0 Å². The summed E-state index contributed by atoms with van der Waals surface area (Å²) in [7, 11) is 0. The van der Waals surface area contributed by atoms with Gasteiger partial charge in [0.25, 0.3) is 5.91 Å². The highest BCUT2D eigenvalue weighted by Crippen LogP contribution is 2.34. The molecule has 0 radical (unpaired) electrons. The Morgan fingerprint density at radius 1 is 1.13 bits per heavy atom. The molecule has 0 aliphatic heterocycles. The molecule has 0 saturated carbocycles. The number of ether oxygens (including phenoxy) is 1. The molecule has 31 heavy (non-hydrogen) atoms. The van der Waals surface area contributed by atoms with Gasteiger partial charge >= 0.3 is 0 Å². The number of hydrogen-bond acceptors (Lipinski definition) is 6. The summed E-state index contributed by atoms with van der Waals surface area (Å²) < 4.78 is 5.84. The standard InChI is InChI=1S/C23H27N3O3S2/c1-13(2)17-7-6-8-18(11-17)29-14(3)22(28)26-23-25-21(15(4)30-23)20-10-9-19(31-20)12-24-16(5)27/h6-11,13-14H,12H2,1-5H3,(H,24,27)(H,25,26,28). The van der Waals surface area contributed by atoms with Gasteiger partial charge in [-0.15, -0.1) is 22.7 Å². The summed E-state index contributed by atoms with van der Waals surface area (Å²) in [5, 5.41) is 6.21. The van der Waals surface area contributed by atoms with Gasteiger partial charge in [-0.3, -0.25) is 14.9 Å². The van der Waals surface area contributed by atoms with E-state index < -0.39 is 6.10 Å². The molecular formula is C23H27N3O3S2. The summed E-state index contributed by atoms with van der Waals surface area (Å²) in [6.07, 6.45) is -0.652. The fraction of sp³-hybridized carbons (Fsp3) is 0.348. The molecule has 1 unspecified atom stereocenters. The van der Waals surface area contributed by atoms with Gasteiger partial charge in [0, 0.05) is 16.7 Å². The molecule has 0 saturated heterocycles. The molecule has 164 valence electrons. The molecule has 6 nitrogen and oxygen atoms in total. The van der Waals surface area contributed by atoms with Crippen molar-refractivity contribution in [3.8, 4) is 16.3 Å². The third-order valence-corrected chi connectivity index (χ3v) is 6.62. The van der Waals surface area contributed by atoms with Crippen molar-refractivity contribution < 1.29 is 14.3 Å². The lowest BCUT2D eigenvalue weighted by molar-refractivity contribution is -0.122. The number of anilines is 1. The predicted octanol–water partition coefficient (Wildman–Crippen LogP) is 5.35. The Morgan fingerprint density at radius 3 is 2.61 bits per heavy atom. The smallest absolute Gasteiger partial charge is 0.266 e. The molecular weight excluding hydrogens is 430 g/mol. The summed E-state index contributed by atoms with van der Waals surface area (Å²) in [5.41, 5.74) is 2.01. The van der Waals surface area contributed by atoms with Gasteiger partial charge in [-0.2, -0.15) is 0 Å². The number of aromatic nitrogens is 1. The van der Waals surface area contributed by atoms with E-state index in [2.05, 4.69) is 29.5 Å². The number of nitrogens with one attached hydrogen (secondary N) is 2. The highest BCUT2D eigenvalue weighted by molar-refractivity contribution is 7.18. The van der Waals surface area contributed by atoms with Gasteiger partial charge in [0.2, 0.25) is 5.91 Å². The number of rotatable bonds is 8. The Balaban J connectivity index is 1.64. The second-order valence-electron chi connectivity index (χ2n) is 7.58. The van der Waals surface area contributed by atoms with Crippen molar-refractivity contribution in [3.05, 3.63) is 51.7 Å². The zero-order valence-electron chi connectivity index (χ0n) is 18.3. The molecule has 1 aromatic carbocycles. The number of carbonyl (C=O) groups is 2. The van der Waals surface area contributed by atoms with Crippen molar-refractivity contribution >= 4 is 39.6 Å². The van der Waals surface area contributed by atoms with Gasteiger partial charge in [-0.05, 0) is 49.6 Å². The van der Waals surface area contributed by atoms with Gasteiger partial charge in [0.15, 0.2) is 11.2 Å². The first kappa shape index (κ1) is 23.0. The van der Waals surface area contributed by atoms with Crippen molar-refractivity contribution in [2.45, 2.75) is 53.2 Å². The molecule has 2 heterocycles. The largest absolute Gasteiger partial charge is 0.481 e. The summed E-state index contributed by atoms with van der Waals surface area (Å²) >= 11 is 3.01. The quantitative estimate of drug-likeness (QED) is 0.478. The summed E-state index contributed by atoms with van der Waals surface area (Å²) in [5.74, 6) is 0.764. The van der Waals surface area contributed by atoms with Crippen LogP contribution in [-0.2, 0) is 16.1 Å². The van der Waals surface area contributed by atoms with E-state index in [0.29, 0.717) is 23.3 Å². The van der Waals surface area contributed by atoms with Gasteiger partial charge in [0.05, 0.1) is 17.1 Å². The van der Waals surface area contributed by atoms with Crippen LogP contribution >= 0.6 is 22.7 Å². The minimum atomic E-state index is -0.652. The summed E-state index contributed by atoms with van der Waals surface area (Å²) in [4.78, 5) is 31.4. The molecule has 1 atom stereocenters. The topological polar surface area (TPSA) is 80.3 Å². The maximum Gasteiger partial charge on any atom is 0.266 e. The highest BCUT2D eigenvalue weighted by Gasteiger charge is 2.19. The highest BCUT2D eigenvalue weighted by atomic mass is 32.1. The minimum Gasteiger partial charge on any atom is -0.481 e. The van der Waals surface area contributed by atoms with Crippen LogP contribution in [0.3, 0.4) is 0 Å². The fourth-order valence-corrected chi connectivity index (χ4v) is 4.79. The van der Waals surface area contributed by atoms with Crippen LogP contribution in [0.1, 0.15) is 48.9 Å². The van der Waals surface area contributed by atoms with Crippen molar-refractivity contribution in [1.82, 2.24) is 10.3 Å². The lowest BCUT2D eigenvalue weighted by Gasteiger charge is -2.15. The molecule has 2 aromatic heterocycles. The lowest BCUT2D eigenvalue weighted by Crippen LogP contribution is -2.30. The van der Waals surface area contributed by atoms with Gasteiger partial charge in [-0.1, -0.05) is 26.0 Å². The van der Waals surface area contributed by atoms with E-state index in [1.165, 1.54) is 23.8 Å². The molecule has 3 aromatic rings. The first-order valence-corrected chi connectivity index (χ1v) is 11.7. The Labute approximate surface area is 190 Å². The van der Waals surface area contributed by atoms with Crippen LogP contribution in [-0.4, -0.2) is 22.9 Å². The van der Waals surface area contributed by atoms with Gasteiger partial charge in [0.1, 0.15) is 5.75 Å². The van der Waals surface area contributed by atoms with Crippen LogP contribution in [0.4, 0.5) is 5.13 Å². The molecule has 2 N–H and O–H groups in total. The Kier molecular flexibility index (Phi) is 7.46. The second-order valence-corrected chi connectivity index (χ2v) is 9.95. The zero-order chi connectivity index (χ0) is 22.5. The number of carbonyl (C=O) groups excluding carboxylic acids is 2. The Bertz CT molecular complexity index is 1070. The van der Waals surface area contributed by atoms with Crippen LogP contribution in [0, 0.1) is 6.92 Å². The number of nitrogens with zero attached hydrogens (tertiary/aromatic N) is 1. The van der Waals surface area contributed by atoms with Crippen molar-refractivity contribution in [3.63, 3.8) is 0 Å². The van der Waals surface area contributed by atoms with E-state index in [-0.39, 0.29) is 11.8 Å². The zero-order valence-corrected chi connectivity index (χ0v) is 19.9. The van der Waals surface area contributed by atoms with E-state index in [4.69, 9.17) is 4.74 Å². The number of benzene rings is 1. The number of aryl methyl sites for hydroxylation is 1. The molecule has 0 fully saturated rings. The van der Waals surface area contributed by atoms with Crippen LogP contribution in [0.5, 0.6) is 5.75 Å². The molecule has 0 aliphatic rings. The normalized spacial score (nSPS) is 11.9. The van der Waals surface area contributed by atoms with Gasteiger partial charge in [-0.25, -0.2) is 4.98 Å². The van der Waals surface area contributed by atoms with E-state index >= 15 is 0 Å². The van der Waals surface area contributed by atoms with E-state index in [1.807, 2.05) is 43.3 Å². The molecule has 0 aliphatic carbocycles. The van der Waals surface area contributed by atoms with Crippen LogP contribution in [0.15, 0.2) is 36.4 Å². The average molecular weight is 458 g/mol. The van der Waals surface area contributed by atoms with Crippen molar-refractivity contribution in [1.29, 1.82) is 0 Å². The fourth-order valence-electron chi connectivity index (χ4n) is 2.90. The maximum atomic E-state index is 12.6. The van der Waals surface area contributed by atoms with E-state index in [1.54, 1.807) is 18.3 Å². The number of amides is 2. The molecule has 0 spiro atoms. The molecule has 0 bridgehead atoms. The van der Waals surface area contributed by atoms with E-state index in [9.17, 15) is 9.59 Å². The lowest BCUT2D eigenvalue weighted by atomic mass is 10.0. The van der Waals surface area contributed by atoms with Crippen LogP contribution in [0.25, 0.3) is 10.6 Å². The Hall–Kier alpha value is -2.71. The minimum absolute atomic E-state index is 0.0583. The van der Waals surface area contributed by atoms with E-state index in [0.717, 1.165) is 20.3 Å². The third-order valence-electron chi connectivity index (χ3n) is 4.64. The van der Waals surface area contributed by atoms with Crippen molar-refractivity contribution in [2.75, 3.05) is 5.32 Å². The SMILES string of the molecule is CC(=O)NCc1ccc(-c2nc(NC(=O)C(C)Oc3cccc(C(C)C)c3)sc2C)s1. The molecule has 8 heteroatoms. The number of thiophene rings is 1. The third kappa shape index (κ3) is 6.15. The van der Waals surface area contributed by atoms with Crippen LogP contribution < -0.4 is 15.4 Å². The summed E-state index contributed by atoms with van der Waals surface area (Å²) in [6.45, 7) is 9.95. The second kappa shape index (κ2) is 10.1.